The molecule has 0 unspecified atom stereocenters. The molecule has 0 aromatic carbocycles. The Morgan fingerprint density at radius 3 is 1.45 bits per heavy atom. The Bertz CT molecular complexity index is 78.7. The molecule has 0 saturated heterocycles. The van der Waals surface area contributed by atoms with Gasteiger partial charge < -0.3 is 4.74 Å². The maximum Gasteiger partial charge on any atom is 0.696 e. The number of hydrogen-bond donors (Lipinski definition) is 0. The molecule has 0 rings (SSSR count). The number of hydrogen-bond acceptors (Lipinski definition) is 4. The van der Waals surface area contributed by atoms with Crippen molar-refractivity contribution in [2.75, 3.05) is 27.4 Å². The zero-order valence-corrected chi connectivity index (χ0v) is 8.39. The average molecular weight is 183 g/mol. The molecule has 0 saturated carbocycles. The monoisotopic (exact) mass is 183 g/mol. The molecule has 0 aliphatic rings. The van der Waals surface area contributed by atoms with Gasteiger partial charge in [-0.15, -0.1) is 9.05 Å². The van der Waals surface area contributed by atoms with Crippen molar-refractivity contribution in [1.82, 2.24) is 0 Å². The van der Waals surface area contributed by atoms with Crippen molar-refractivity contribution in [3.63, 3.8) is 0 Å². The lowest BCUT2D eigenvalue weighted by molar-refractivity contribution is 0.162. The quantitative estimate of drug-likeness (QED) is 0.625. The van der Waals surface area contributed by atoms with Gasteiger partial charge in [-0.25, -0.2) is 0 Å². The van der Waals surface area contributed by atoms with Gasteiger partial charge in [-0.1, -0.05) is 0 Å². The third kappa shape index (κ3) is 17.8. The smallest absolute Gasteiger partial charge is 0.382 e. The third-order valence-corrected chi connectivity index (χ3v) is 1.30. The molecular formula is C6H16O4P+. The van der Waals surface area contributed by atoms with Crippen molar-refractivity contribution in [2.45, 2.75) is 13.8 Å². The first-order valence-electron chi connectivity index (χ1n) is 3.36. The summed E-state index contributed by atoms with van der Waals surface area (Å²) in [5, 5.41) is 0. The van der Waals surface area contributed by atoms with Crippen LogP contribution in [0.2, 0.25) is 0 Å². The van der Waals surface area contributed by atoms with Gasteiger partial charge >= 0.3 is 8.25 Å². The molecule has 0 aliphatic carbocycles. The average Bonchev–Trinajstić information content (AvgIpc) is 2.06. The molecule has 0 aromatic heterocycles. The molecule has 0 radical (unpaired) electrons. The summed E-state index contributed by atoms with van der Waals surface area (Å²) in [4.78, 5) is 0. The number of ether oxygens (including phenoxy) is 1. The van der Waals surface area contributed by atoms with Gasteiger partial charge in [-0.3, -0.25) is 0 Å². The highest BCUT2D eigenvalue weighted by Gasteiger charge is 2.10. The lowest BCUT2D eigenvalue weighted by atomic mass is 10.8. The molecule has 0 spiro atoms. The van der Waals surface area contributed by atoms with Crippen molar-refractivity contribution in [3.8, 4) is 0 Å². The SMILES string of the molecule is CCOCC.CO[P+](=O)OC. The van der Waals surface area contributed by atoms with E-state index < -0.39 is 8.25 Å². The molecule has 0 amide bonds. The Kier molecular flexibility index (Phi) is 15.6. The fourth-order valence-corrected chi connectivity index (χ4v) is 0.428. The predicted octanol–water partition coefficient (Wildman–Crippen LogP) is 1.98. The Hall–Kier alpha value is -0.0200. The summed E-state index contributed by atoms with van der Waals surface area (Å²) in [6, 6.07) is 0. The molecule has 68 valence electrons. The minimum absolute atomic E-state index is 0.844. The maximum absolute atomic E-state index is 9.88. The van der Waals surface area contributed by atoms with Crippen LogP contribution in [0.15, 0.2) is 0 Å². The van der Waals surface area contributed by atoms with Crippen LogP contribution in [0.4, 0.5) is 0 Å². The summed E-state index contributed by atoms with van der Waals surface area (Å²) in [7, 11) is 0.817. The van der Waals surface area contributed by atoms with Gasteiger partial charge in [0.1, 0.15) is 0 Å². The van der Waals surface area contributed by atoms with Crippen molar-refractivity contribution in [3.05, 3.63) is 0 Å². The largest absolute Gasteiger partial charge is 0.696 e. The second kappa shape index (κ2) is 12.6. The van der Waals surface area contributed by atoms with Crippen LogP contribution in [0.5, 0.6) is 0 Å². The molecule has 0 N–H and O–H groups in total. The van der Waals surface area contributed by atoms with E-state index in [-0.39, 0.29) is 0 Å². The molecule has 0 fully saturated rings. The lowest BCUT2D eigenvalue weighted by Gasteiger charge is -1.86. The van der Waals surface area contributed by atoms with Crippen LogP contribution in [0.1, 0.15) is 13.8 Å². The van der Waals surface area contributed by atoms with Crippen LogP contribution in [-0.4, -0.2) is 27.4 Å². The standard InChI is InChI=1S/C4H10O.C2H6O3P/c1-3-5-4-2;1-4-6(3)5-2/h3-4H2,1-2H3;1-2H3/q;+1. The van der Waals surface area contributed by atoms with Gasteiger partial charge in [-0.2, -0.15) is 0 Å². The predicted molar refractivity (Wildman–Crippen MR) is 43.8 cm³/mol. The highest BCUT2D eigenvalue weighted by Crippen LogP contribution is 2.18. The van der Waals surface area contributed by atoms with E-state index in [1.165, 1.54) is 14.2 Å². The van der Waals surface area contributed by atoms with E-state index in [4.69, 9.17) is 4.74 Å². The van der Waals surface area contributed by atoms with Crippen LogP contribution >= 0.6 is 8.25 Å². The zero-order chi connectivity index (χ0) is 9.11. The van der Waals surface area contributed by atoms with E-state index in [0.717, 1.165) is 13.2 Å². The van der Waals surface area contributed by atoms with E-state index in [9.17, 15) is 4.57 Å². The Labute approximate surface area is 68.8 Å². The van der Waals surface area contributed by atoms with Crippen molar-refractivity contribution in [1.29, 1.82) is 0 Å². The van der Waals surface area contributed by atoms with Crippen molar-refractivity contribution in [2.24, 2.45) is 0 Å². The summed E-state index contributed by atoms with van der Waals surface area (Å²) in [5.41, 5.74) is 0. The topological polar surface area (TPSA) is 44.8 Å². The molecule has 5 heteroatoms. The minimum atomic E-state index is -1.83. The molecule has 0 aliphatic heterocycles. The normalized spacial score (nSPS) is 8.36. The fourth-order valence-electron chi connectivity index (χ4n) is 0.279. The summed E-state index contributed by atoms with van der Waals surface area (Å²) in [6.07, 6.45) is 0. The van der Waals surface area contributed by atoms with Gasteiger partial charge in [0, 0.05) is 17.8 Å². The summed E-state index contributed by atoms with van der Waals surface area (Å²) < 4.78 is 23.1. The molecule has 4 nitrogen and oxygen atoms in total. The molecule has 0 bridgehead atoms. The number of rotatable bonds is 4. The summed E-state index contributed by atoms with van der Waals surface area (Å²) in [6.45, 7) is 5.67. The van der Waals surface area contributed by atoms with Gasteiger partial charge in [0.25, 0.3) is 0 Å². The third-order valence-electron chi connectivity index (χ3n) is 0.706. The van der Waals surface area contributed by atoms with Gasteiger partial charge in [0.2, 0.25) is 0 Å². The highest BCUT2D eigenvalue weighted by molar-refractivity contribution is 7.33. The summed E-state index contributed by atoms with van der Waals surface area (Å²) >= 11 is 0. The second-order valence-electron chi connectivity index (χ2n) is 1.37. The Morgan fingerprint density at radius 1 is 1.09 bits per heavy atom. The Morgan fingerprint density at radius 2 is 1.45 bits per heavy atom. The zero-order valence-electron chi connectivity index (χ0n) is 7.49. The highest BCUT2D eigenvalue weighted by atomic mass is 31.1. The first-order chi connectivity index (χ1) is 5.22. The van der Waals surface area contributed by atoms with E-state index in [0.29, 0.717) is 0 Å². The lowest BCUT2D eigenvalue weighted by Crippen LogP contribution is -1.84. The molecule has 0 heterocycles. The molecule has 0 aromatic rings. The first-order valence-corrected chi connectivity index (χ1v) is 4.45. The summed E-state index contributed by atoms with van der Waals surface area (Å²) in [5.74, 6) is 0. The molecule has 0 atom stereocenters. The Balaban J connectivity index is 0. The van der Waals surface area contributed by atoms with E-state index in [1.54, 1.807) is 0 Å². The van der Waals surface area contributed by atoms with Crippen LogP contribution in [0.25, 0.3) is 0 Å². The van der Waals surface area contributed by atoms with Crippen LogP contribution in [0, 0.1) is 0 Å². The van der Waals surface area contributed by atoms with E-state index >= 15 is 0 Å². The molecular weight excluding hydrogens is 167 g/mol. The fraction of sp³-hybridized carbons (Fsp3) is 1.00. The minimum Gasteiger partial charge on any atom is -0.382 e. The van der Waals surface area contributed by atoms with E-state index in [2.05, 4.69) is 9.05 Å². The van der Waals surface area contributed by atoms with Crippen LogP contribution in [-0.2, 0) is 18.3 Å². The molecule has 11 heavy (non-hydrogen) atoms. The van der Waals surface area contributed by atoms with Gasteiger partial charge in [0.05, 0.1) is 14.2 Å². The second-order valence-corrected chi connectivity index (χ2v) is 2.55. The van der Waals surface area contributed by atoms with Crippen molar-refractivity contribution < 1.29 is 18.3 Å². The van der Waals surface area contributed by atoms with Crippen LogP contribution < -0.4 is 0 Å². The van der Waals surface area contributed by atoms with Crippen LogP contribution in [0.3, 0.4) is 0 Å². The maximum atomic E-state index is 9.88. The van der Waals surface area contributed by atoms with E-state index in [1.807, 2.05) is 13.8 Å². The first kappa shape index (κ1) is 13.6. The van der Waals surface area contributed by atoms with Gasteiger partial charge in [0.15, 0.2) is 0 Å². The van der Waals surface area contributed by atoms with Crippen molar-refractivity contribution >= 4 is 8.25 Å². The van der Waals surface area contributed by atoms with Gasteiger partial charge in [-0.05, 0) is 13.8 Å².